The maximum absolute atomic E-state index is 13.8. The summed E-state index contributed by atoms with van der Waals surface area (Å²) in [4.78, 5) is 47.0. The zero-order valence-electron chi connectivity index (χ0n) is 24.3. The molecule has 0 spiro atoms. The average Bonchev–Trinajstić information content (AvgIpc) is 3.66. The second-order valence-corrected chi connectivity index (χ2v) is 11.9. The van der Waals surface area contributed by atoms with Gasteiger partial charge >= 0.3 is 0 Å². The molecular formula is C32H40ClN5O5. The lowest BCUT2D eigenvalue weighted by molar-refractivity contribution is -0.139. The van der Waals surface area contributed by atoms with E-state index in [-0.39, 0.29) is 29.7 Å². The smallest absolute Gasteiger partial charge is 0.266 e. The zero-order valence-corrected chi connectivity index (χ0v) is 25.1. The molecule has 0 radical (unpaired) electrons. The summed E-state index contributed by atoms with van der Waals surface area (Å²) in [6.45, 7) is 2.87. The number of nitrogens with one attached hydrogen (secondary N) is 2. The molecule has 5 rings (SSSR count). The third kappa shape index (κ3) is 8.20. The van der Waals surface area contributed by atoms with Gasteiger partial charge in [-0.05, 0) is 87.5 Å². The van der Waals surface area contributed by atoms with Crippen LogP contribution in [0.2, 0.25) is 5.02 Å². The number of fused-ring (bicyclic) bond motifs is 1. The Bertz CT molecular complexity index is 1360. The van der Waals surface area contributed by atoms with Gasteiger partial charge in [0, 0.05) is 24.4 Å². The SMILES string of the molecule is NCCCC[C@H](NC(=O)[C@@H]1C[C@@H](OCc2ccc(Cl)cc2)CN1C(=O)CC1CCCNC1)C(=O)c1nc2ccccc2o1. The highest BCUT2D eigenvalue weighted by molar-refractivity contribution is 6.30. The molecule has 10 nitrogen and oxygen atoms in total. The van der Waals surface area contributed by atoms with Gasteiger partial charge in [-0.1, -0.05) is 35.9 Å². The predicted molar refractivity (Wildman–Crippen MR) is 164 cm³/mol. The van der Waals surface area contributed by atoms with Crippen molar-refractivity contribution in [1.29, 1.82) is 0 Å². The minimum Gasteiger partial charge on any atom is -0.434 e. The lowest BCUT2D eigenvalue weighted by Crippen LogP contribution is -2.51. The number of nitrogens with two attached hydrogens (primary N) is 1. The van der Waals surface area contributed by atoms with Gasteiger partial charge < -0.3 is 30.4 Å². The van der Waals surface area contributed by atoms with Crippen LogP contribution in [0.3, 0.4) is 0 Å². The standard InChI is InChI=1S/C32H40ClN5O5/c33-23-12-10-21(11-13-23)20-42-24-17-27(38(19-24)29(39)16-22-6-5-15-35-18-22)31(41)36-26(8-3-4-14-34)30(40)32-37-25-7-1-2-9-28(25)43-32/h1-2,7,9-13,22,24,26-27,35H,3-6,8,14-20,34H2,(H,36,41)/t22?,24-,26+,27+/m1/s1. The van der Waals surface area contributed by atoms with Gasteiger partial charge in [0.25, 0.3) is 5.89 Å². The van der Waals surface area contributed by atoms with E-state index in [4.69, 9.17) is 26.5 Å². The average molecular weight is 610 g/mol. The van der Waals surface area contributed by atoms with E-state index in [9.17, 15) is 14.4 Å². The van der Waals surface area contributed by atoms with Crippen molar-refractivity contribution in [2.45, 2.75) is 69.7 Å². The van der Waals surface area contributed by atoms with Crippen LogP contribution in [0, 0.1) is 5.92 Å². The van der Waals surface area contributed by atoms with Gasteiger partial charge in [0.1, 0.15) is 11.6 Å². The summed E-state index contributed by atoms with van der Waals surface area (Å²) in [5, 5.41) is 6.94. The van der Waals surface area contributed by atoms with Gasteiger partial charge in [-0.2, -0.15) is 0 Å². The molecule has 11 heteroatoms. The van der Waals surface area contributed by atoms with Crippen LogP contribution in [-0.4, -0.2) is 71.8 Å². The Balaban J connectivity index is 1.31. The topological polar surface area (TPSA) is 140 Å². The van der Waals surface area contributed by atoms with Crippen molar-refractivity contribution < 1.29 is 23.5 Å². The third-order valence-corrected chi connectivity index (χ3v) is 8.48. The summed E-state index contributed by atoms with van der Waals surface area (Å²) >= 11 is 6.02. The second-order valence-electron chi connectivity index (χ2n) is 11.5. The summed E-state index contributed by atoms with van der Waals surface area (Å²) in [5.74, 6) is -0.677. The van der Waals surface area contributed by atoms with Crippen LogP contribution >= 0.6 is 11.6 Å². The molecule has 2 aromatic carbocycles. The molecule has 3 heterocycles. The first kappa shape index (κ1) is 31.1. The van der Waals surface area contributed by atoms with Crippen molar-refractivity contribution in [3.05, 3.63) is 65.0 Å². The van der Waals surface area contributed by atoms with Crippen LogP contribution in [0.1, 0.15) is 61.2 Å². The first-order chi connectivity index (χ1) is 20.9. The number of nitrogens with zero attached hydrogens (tertiary/aromatic N) is 2. The van der Waals surface area contributed by atoms with Crippen molar-refractivity contribution in [2.75, 3.05) is 26.2 Å². The van der Waals surface area contributed by atoms with Crippen LogP contribution in [0.5, 0.6) is 0 Å². The van der Waals surface area contributed by atoms with Gasteiger partial charge in [0.2, 0.25) is 17.6 Å². The van der Waals surface area contributed by atoms with Crippen molar-refractivity contribution in [1.82, 2.24) is 20.5 Å². The molecule has 2 fully saturated rings. The molecule has 0 bridgehead atoms. The Kier molecular flexibility index (Phi) is 10.8. The molecule has 4 N–H and O–H groups in total. The van der Waals surface area contributed by atoms with Crippen LogP contribution in [0.4, 0.5) is 0 Å². The summed E-state index contributed by atoms with van der Waals surface area (Å²) in [6.07, 6.45) is 4.09. The maximum Gasteiger partial charge on any atom is 0.266 e. The maximum atomic E-state index is 13.8. The molecule has 0 aliphatic carbocycles. The van der Waals surface area contributed by atoms with E-state index in [1.165, 1.54) is 0 Å². The molecule has 2 aliphatic heterocycles. The highest BCUT2D eigenvalue weighted by Gasteiger charge is 2.42. The van der Waals surface area contributed by atoms with Crippen molar-refractivity contribution in [3.8, 4) is 0 Å². The van der Waals surface area contributed by atoms with Crippen LogP contribution in [0.15, 0.2) is 52.9 Å². The molecule has 43 heavy (non-hydrogen) atoms. The molecule has 1 aromatic heterocycles. The normalized spacial score (nSPS) is 21.2. The second kappa shape index (κ2) is 14.9. The van der Waals surface area contributed by atoms with E-state index in [0.29, 0.717) is 67.9 Å². The van der Waals surface area contributed by atoms with Crippen LogP contribution < -0.4 is 16.4 Å². The molecular weight excluding hydrogens is 570 g/mol. The molecule has 2 aliphatic rings. The molecule has 4 atom stereocenters. The number of halogens is 1. The fourth-order valence-corrected chi connectivity index (χ4v) is 5.98. The fraction of sp³-hybridized carbons (Fsp3) is 0.500. The van der Waals surface area contributed by atoms with Crippen molar-refractivity contribution >= 4 is 40.3 Å². The number of carbonyl (C=O) groups excluding carboxylic acids is 3. The summed E-state index contributed by atoms with van der Waals surface area (Å²) in [5.41, 5.74) is 7.73. The van der Waals surface area contributed by atoms with Gasteiger partial charge in [-0.3, -0.25) is 14.4 Å². The van der Waals surface area contributed by atoms with Gasteiger partial charge in [-0.25, -0.2) is 4.98 Å². The number of oxazole rings is 1. The minimum absolute atomic E-state index is 0.0485. The minimum atomic E-state index is -0.861. The highest BCUT2D eigenvalue weighted by Crippen LogP contribution is 2.26. The molecule has 2 amide bonds. The number of rotatable bonds is 13. The zero-order chi connectivity index (χ0) is 30.2. The number of carbonyl (C=O) groups is 3. The number of para-hydroxylation sites is 2. The Hall–Kier alpha value is -3.31. The van der Waals surface area contributed by atoms with E-state index in [2.05, 4.69) is 15.6 Å². The van der Waals surface area contributed by atoms with E-state index in [1.807, 2.05) is 24.3 Å². The summed E-state index contributed by atoms with van der Waals surface area (Å²) in [6, 6.07) is 12.9. The summed E-state index contributed by atoms with van der Waals surface area (Å²) in [7, 11) is 0. The Morgan fingerprint density at radius 3 is 2.72 bits per heavy atom. The van der Waals surface area contributed by atoms with E-state index < -0.39 is 17.9 Å². The first-order valence-electron chi connectivity index (χ1n) is 15.2. The van der Waals surface area contributed by atoms with Gasteiger partial charge in [0.05, 0.1) is 18.8 Å². The number of ether oxygens (including phenoxy) is 1. The van der Waals surface area contributed by atoms with Gasteiger partial charge in [-0.15, -0.1) is 0 Å². The number of hydrogen-bond donors (Lipinski definition) is 3. The number of ketones is 1. The number of likely N-dealkylation sites (tertiary alicyclic amines) is 1. The number of aromatic nitrogens is 1. The van der Waals surface area contributed by atoms with Crippen molar-refractivity contribution in [2.24, 2.45) is 11.7 Å². The lowest BCUT2D eigenvalue weighted by atomic mass is 9.95. The fourth-order valence-electron chi connectivity index (χ4n) is 5.86. The molecule has 2 saturated heterocycles. The number of hydrogen-bond acceptors (Lipinski definition) is 8. The Morgan fingerprint density at radius 2 is 1.98 bits per heavy atom. The first-order valence-corrected chi connectivity index (χ1v) is 15.6. The molecule has 1 unspecified atom stereocenters. The van der Waals surface area contributed by atoms with E-state index >= 15 is 0 Å². The Labute approximate surface area is 256 Å². The van der Waals surface area contributed by atoms with Crippen LogP contribution in [0.25, 0.3) is 11.1 Å². The quantitative estimate of drug-likeness (QED) is 0.196. The lowest BCUT2D eigenvalue weighted by Gasteiger charge is -2.28. The molecule has 0 saturated carbocycles. The van der Waals surface area contributed by atoms with E-state index in [1.54, 1.807) is 29.2 Å². The predicted octanol–water partition coefficient (Wildman–Crippen LogP) is 3.85. The largest absolute Gasteiger partial charge is 0.434 e. The Morgan fingerprint density at radius 1 is 1.16 bits per heavy atom. The number of Topliss-reactive ketones (excluding diaryl/α,β-unsaturated/α-hetero) is 1. The van der Waals surface area contributed by atoms with Crippen molar-refractivity contribution in [3.63, 3.8) is 0 Å². The monoisotopic (exact) mass is 609 g/mol. The molecule has 230 valence electrons. The molecule has 3 aromatic rings. The number of unbranched alkanes of at least 4 members (excludes halogenated alkanes) is 1. The van der Waals surface area contributed by atoms with Crippen LogP contribution in [-0.2, 0) is 20.9 Å². The van der Waals surface area contributed by atoms with E-state index in [0.717, 1.165) is 31.5 Å². The summed E-state index contributed by atoms with van der Waals surface area (Å²) < 4.78 is 11.9. The number of amides is 2. The highest BCUT2D eigenvalue weighted by atomic mass is 35.5. The number of piperidine rings is 1. The number of benzene rings is 2. The third-order valence-electron chi connectivity index (χ3n) is 8.23. The van der Waals surface area contributed by atoms with Gasteiger partial charge in [0.15, 0.2) is 5.58 Å².